The van der Waals surface area contributed by atoms with Crippen LogP contribution in [0.1, 0.15) is 21.5 Å². The number of rotatable bonds is 1. The van der Waals surface area contributed by atoms with Crippen LogP contribution >= 0.6 is 0 Å². The van der Waals surface area contributed by atoms with Gasteiger partial charge in [0.05, 0.1) is 0 Å². The number of hydrogen-bond acceptors (Lipinski definition) is 2. The van der Waals surface area contributed by atoms with E-state index in [1.54, 1.807) is 4.90 Å². The van der Waals surface area contributed by atoms with Crippen LogP contribution in [0.15, 0.2) is 18.2 Å². The van der Waals surface area contributed by atoms with Crippen LogP contribution in [0.3, 0.4) is 0 Å². The lowest BCUT2D eigenvalue weighted by Crippen LogP contribution is -2.04. The molecule has 78 valence electrons. The number of benzene rings is 1. The highest BCUT2D eigenvalue weighted by molar-refractivity contribution is 6.09. The number of ketones is 1. The van der Waals surface area contributed by atoms with Gasteiger partial charge in [0.25, 0.3) is 0 Å². The van der Waals surface area contributed by atoms with Crippen LogP contribution in [0, 0.1) is 25.8 Å². The van der Waals surface area contributed by atoms with E-state index in [1.165, 1.54) is 0 Å². The largest absolute Gasteiger partial charge is 0.338 e. The van der Waals surface area contributed by atoms with Crippen molar-refractivity contribution in [2.45, 2.75) is 13.8 Å². The lowest BCUT2D eigenvalue weighted by atomic mass is 10.0. The molecule has 0 aliphatic carbocycles. The van der Waals surface area contributed by atoms with Crippen LogP contribution in [0.2, 0.25) is 0 Å². The summed E-state index contributed by atoms with van der Waals surface area (Å²) in [5.74, 6) is 2.48. The van der Waals surface area contributed by atoms with E-state index in [9.17, 15) is 4.79 Å². The zero-order valence-corrected chi connectivity index (χ0v) is 9.59. The number of hydrogen-bond donors (Lipinski definition) is 0. The fourth-order valence-corrected chi connectivity index (χ4v) is 1.21. The molecule has 0 spiro atoms. The molecule has 0 aliphatic heterocycles. The van der Waals surface area contributed by atoms with Crippen LogP contribution in [0.5, 0.6) is 0 Å². The summed E-state index contributed by atoms with van der Waals surface area (Å²) >= 11 is 0. The van der Waals surface area contributed by atoms with Gasteiger partial charge in [-0.3, -0.25) is 4.79 Å². The Bertz CT molecular complexity index is 436. The quantitative estimate of drug-likeness (QED) is 0.393. The van der Waals surface area contributed by atoms with Crippen molar-refractivity contribution in [2.75, 3.05) is 14.1 Å². The smallest absolute Gasteiger partial charge is 0.237 e. The summed E-state index contributed by atoms with van der Waals surface area (Å²) in [7, 11) is 3.62. The van der Waals surface area contributed by atoms with Gasteiger partial charge in [-0.15, -0.1) is 0 Å². The minimum absolute atomic E-state index is 0.120. The van der Waals surface area contributed by atoms with Crippen molar-refractivity contribution >= 4 is 5.78 Å². The SMILES string of the molecule is Cc1ccc(C)c(C(=O)C#CN(C)C)c1. The van der Waals surface area contributed by atoms with E-state index in [2.05, 4.69) is 12.0 Å². The molecule has 0 N–H and O–H groups in total. The van der Waals surface area contributed by atoms with Crippen molar-refractivity contribution in [3.63, 3.8) is 0 Å². The van der Waals surface area contributed by atoms with Crippen LogP contribution in [-0.2, 0) is 0 Å². The molecule has 15 heavy (non-hydrogen) atoms. The molecule has 1 aromatic carbocycles. The summed E-state index contributed by atoms with van der Waals surface area (Å²) in [5.41, 5.74) is 2.75. The third-order valence-electron chi connectivity index (χ3n) is 2.03. The molecule has 0 saturated heterocycles. The second kappa shape index (κ2) is 4.65. The maximum atomic E-state index is 11.7. The molecule has 0 unspecified atom stereocenters. The average molecular weight is 201 g/mol. The van der Waals surface area contributed by atoms with Crippen molar-refractivity contribution in [1.82, 2.24) is 4.90 Å². The predicted octanol–water partition coefficient (Wildman–Crippen LogP) is 2.01. The van der Waals surface area contributed by atoms with Gasteiger partial charge in [-0.05, 0) is 31.4 Å². The van der Waals surface area contributed by atoms with Gasteiger partial charge < -0.3 is 4.90 Å². The molecule has 0 amide bonds. The van der Waals surface area contributed by atoms with Crippen molar-refractivity contribution < 1.29 is 4.79 Å². The monoisotopic (exact) mass is 201 g/mol. The Hall–Kier alpha value is -1.75. The zero-order valence-electron chi connectivity index (χ0n) is 9.59. The minimum Gasteiger partial charge on any atom is -0.338 e. The van der Waals surface area contributed by atoms with Crippen molar-refractivity contribution in [2.24, 2.45) is 0 Å². The molecule has 0 bridgehead atoms. The van der Waals surface area contributed by atoms with Crippen LogP contribution in [-0.4, -0.2) is 24.8 Å². The number of aryl methyl sites for hydroxylation is 2. The molecule has 0 aromatic heterocycles. The highest BCUT2D eigenvalue weighted by Gasteiger charge is 2.05. The zero-order chi connectivity index (χ0) is 11.4. The lowest BCUT2D eigenvalue weighted by molar-refractivity contribution is 0.105. The number of Topliss-reactive ketones (excluding diaryl/α,β-unsaturated/α-hetero) is 1. The average Bonchev–Trinajstić information content (AvgIpc) is 2.18. The summed E-state index contributed by atoms with van der Waals surface area (Å²) in [5, 5.41) is 0. The molecular weight excluding hydrogens is 186 g/mol. The topological polar surface area (TPSA) is 20.3 Å². The Balaban J connectivity index is 3.03. The van der Waals surface area contributed by atoms with E-state index < -0.39 is 0 Å². The van der Waals surface area contributed by atoms with Crippen LogP contribution in [0.25, 0.3) is 0 Å². The Morgan fingerprint density at radius 3 is 2.53 bits per heavy atom. The van der Waals surface area contributed by atoms with Gasteiger partial charge in [0, 0.05) is 25.7 Å². The summed E-state index contributed by atoms with van der Waals surface area (Å²) in [6.45, 7) is 3.89. The molecule has 0 saturated carbocycles. The van der Waals surface area contributed by atoms with E-state index in [1.807, 2.05) is 46.1 Å². The van der Waals surface area contributed by atoms with Crippen molar-refractivity contribution in [3.8, 4) is 12.0 Å². The first-order valence-corrected chi connectivity index (χ1v) is 4.81. The highest BCUT2D eigenvalue weighted by atomic mass is 16.1. The van der Waals surface area contributed by atoms with E-state index in [0.717, 1.165) is 11.1 Å². The predicted molar refractivity (Wildman–Crippen MR) is 61.7 cm³/mol. The third-order valence-corrected chi connectivity index (χ3v) is 2.03. The highest BCUT2D eigenvalue weighted by Crippen LogP contribution is 2.10. The molecule has 0 radical (unpaired) electrons. The molecule has 2 nitrogen and oxygen atoms in total. The molecule has 0 fully saturated rings. The molecule has 1 rings (SSSR count). The van der Waals surface area contributed by atoms with E-state index in [-0.39, 0.29) is 5.78 Å². The van der Waals surface area contributed by atoms with Crippen molar-refractivity contribution in [1.29, 1.82) is 0 Å². The standard InChI is InChI=1S/C13H15NO/c1-10-5-6-11(2)12(9-10)13(15)7-8-14(3)4/h5-6,9H,1-4H3. The molecule has 0 heterocycles. The van der Waals surface area contributed by atoms with Gasteiger partial charge in [0.15, 0.2) is 0 Å². The normalized spacial score (nSPS) is 9.07. The van der Waals surface area contributed by atoms with E-state index in [0.29, 0.717) is 5.56 Å². The van der Waals surface area contributed by atoms with Crippen LogP contribution in [0.4, 0.5) is 0 Å². The Morgan fingerprint density at radius 2 is 1.93 bits per heavy atom. The summed E-state index contributed by atoms with van der Waals surface area (Å²) in [4.78, 5) is 13.4. The fraction of sp³-hybridized carbons (Fsp3) is 0.308. The molecule has 1 aromatic rings. The Kier molecular flexibility index (Phi) is 3.51. The molecule has 0 aliphatic rings. The Morgan fingerprint density at radius 1 is 1.27 bits per heavy atom. The Labute approximate surface area is 90.9 Å². The third kappa shape index (κ3) is 3.14. The van der Waals surface area contributed by atoms with Gasteiger partial charge in [-0.2, -0.15) is 0 Å². The summed E-state index contributed by atoms with van der Waals surface area (Å²) in [6.07, 6.45) is 0. The second-order valence-electron chi connectivity index (χ2n) is 3.78. The fourth-order valence-electron chi connectivity index (χ4n) is 1.21. The first-order valence-electron chi connectivity index (χ1n) is 4.81. The molecule has 0 atom stereocenters. The first-order chi connectivity index (χ1) is 7.00. The second-order valence-corrected chi connectivity index (χ2v) is 3.78. The maximum Gasteiger partial charge on any atom is 0.237 e. The summed E-state index contributed by atoms with van der Waals surface area (Å²) < 4.78 is 0. The number of carbonyl (C=O) groups is 1. The molecular formula is C13H15NO. The van der Waals surface area contributed by atoms with Gasteiger partial charge in [0.1, 0.15) is 0 Å². The van der Waals surface area contributed by atoms with E-state index >= 15 is 0 Å². The lowest BCUT2D eigenvalue weighted by Gasteiger charge is -2.02. The van der Waals surface area contributed by atoms with Gasteiger partial charge >= 0.3 is 0 Å². The first kappa shape index (κ1) is 11.3. The van der Waals surface area contributed by atoms with Gasteiger partial charge in [0.2, 0.25) is 5.78 Å². The van der Waals surface area contributed by atoms with Gasteiger partial charge in [-0.25, -0.2) is 0 Å². The van der Waals surface area contributed by atoms with Crippen LogP contribution < -0.4 is 0 Å². The van der Waals surface area contributed by atoms with E-state index in [4.69, 9.17) is 0 Å². The number of carbonyl (C=O) groups excluding carboxylic acids is 1. The molecule has 2 heteroatoms. The maximum absolute atomic E-state index is 11.7. The summed E-state index contributed by atoms with van der Waals surface area (Å²) in [6, 6.07) is 8.54. The van der Waals surface area contributed by atoms with Gasteiger partial charge in [-0.1, -0.05) is 17.7 Å². The minimum atomic E-state index is -0.120. The number of nitrogens with zero attached hydrogens (tertiary/aromatic N) is 1. The van der Waals surface area contributed by atoms with Crippen molar-refractivity contribution in [3.05, 3.63) is 34.9 Å².